The van der Waals surface area contributed by atoms with E-state index in [2.05, 4.69) is 15.5 Å². The Hall–Kier alpha value is -3.80. The van der Waals surface area contributed by atoms with Crippen molar-refractivity contribution < 1.29 is 9.59 Å². The predicted molar refractivity (Wildman–Crippen MR) is 108 cm³/mol. The topological polar surface area (TPSA) is 74.1 Å². The molecule has 1 atom stereocenters. The van der Waals surface area contributed by atoms with Gasteiger partial charge in [-0.1, -0.05) is 48.5 Å². The van der Waals surface area contributed by atoms with Crippen molar-refractivity contribution in [3.05, 3.63) is 78.5 Å². The fourth-order valence-corrected chi connectivity index (χ4v) is 3.75. The molecule has 0 aromatic heterocycles. The van der Waals surface area contributed by atoms with Crippen molar-refractivity contribution in [3.8, 4) is 0 Å². The smallest absolute Gasteiger partial charge is 0.241 e. The monoisotopic (exact) mass is 368 g/mol. The maximum absolute atomic E-state index is 13.1. The van der Waals surface area contributed by atoms with Crippen LogP contribution < -0.4 is 10.2 Å². The van der Waals surface area contributed by atoms with Crippen LogP contribution in [0.5, 0.6) is 0 Å². The summed E-state index contributed by atoms with van der Waals surface area (Å²) in [5, 5.41) is 13.0. The molecular weight excluding hydrogens is 352 g/mol. The zero-order chi connectivity index (χ0) is 19.1. The van der Waals surface area contributed by atoms with Crippen molar-refractivity contribution in [2.45, 2.75) is 12.5 Å². The van der Waals surface area contributed by atoms with Gasteiger partial charge < -0.3 is 5.32 Å². The number of benzene rings is 3. The van der Waals surface area contributed by atoms with E-state index >= 15 is 0 Å². The predicted octanol–water partition coefficient (Wildman–Crippen LogP) is 4.87. The summed E-state index contributed by atoms with van der Waals surface area (Å²) in [5.74, 6) is -0.596. The minimum atomic E-state index is -0.317. The van der Waals surface area contributed by atoms with Gasteiger partial charge in [-0.25, -0.2) is 0 Å². The molecule has 2 amide bonds. The number of hydrogen-bond acceptors (Lipinski definition) is 4. The molecule has 0 saturated carbocycles. The number of carbonyl (C=O) groups excluding carboxylic acids is 2. The highest BCUT2D eigenvalue weighted by Gasteiger charge is 2.31. The molecule has 136 valence electrons. The number of fused-ring (bicyclic) bond motifs is 3. The minimum absolute atomic E-state index is 0.223. The van der Waals surface area contributed by atoms with Crippen molar-refractivity contribution in [1.82, 2.24) is 0 Å². The van der Waals surface area contributed by atoms with E-state index in [1.165, 1.54) is 0 Å². The lowest BCUT2D eigenvalue weighted by atomic mass is 10.0. The Labute approximate surface area is 161 Å². The third-order valence-corrected chi connectivity index (χ3v) is 5.00. The lowest BCUT2D eigenvalue weighted by molar-refractivity contribution is -0.124. The van der Waals surface area contributed by atoms with Crippen LogP contribution in [0.4, 0.5) is 17.1 Å². The van der Waals surface area contributed by atoms with Gasteiger partial charge in [0.25, 0.3) is 0 Å². The van der Waals surface area contributed by atoms with Crippen molar-refractivity contribution in [1.29, 1.82) is 0 Å². The Morgan fingerprint density at radius 2 is 1.75 bits per heavy atom. The molecule has 2 aliphatic heterocycles. The first kappa shape index (κ1) is 16.4. The van der Waals surface area contributed by atoms with Gasteiger partial charge >= 0.3 is 0 Å². The Morgan fingerprint density at radius 3 is 2.61 bits per heavy atom. The fraction of sp³-hybridized carbons (Fsp3) is 0.0909. The van der Waals surface area contributed by atoms with Gasteiger partial charge in [0.15, 0.2) is 0 Å². The molecule has 3 aromatic carbocycles. The highest BCUT2D eigenvalue weighted by Crippen LogP contribution is 2.42. The average molecular weight is 368 g/mol. The number of rotatable bonds is 2. The van der Waals surface area contributed by atoms with Crippen LogP contribution in [0, 0.1) is 0 Å². The lowest BCUT2D eigenvalue weighted by Crippen LogP contribution is -2.27. The third-order valence-electron chi connectivity index (χ3n) is 5.00. The first-order valence-electron chi connectivity index (χ1n) is 9.02. The quantitative estimate of drug-likeness (QED) is 0.656. The summed E-state index contributed by atoms with van der Waals surface area (Å²) in [6, 6.07) is 19.0. The molecule has 6 heteroatoms. The molecule has 0 fully saturated rings. The first-order valence-corrected chi connectivity index (χ1v) is 9.02. The molecule has 3 aromatic rings. The van der Waals surface area contributed by atoms with E-state index in [4.69, 9.17) is 0 Å². The number of carbonyl (C=O) groups is 2. The molecular formula is C22H16N4O2. The van der Waals surface area contributed by atoms with Crippen LogP contribution in [0.2, 0.25) is 0 Å². The van der Waals surface area contributed by atoms with Crippen molar-refractivity contribution >= 4 is 39.6 Å². The molecule has 0 spiro atoms. The molecule has 0 aliphatic carbocycles. The molecule has 0 saturated heterocycles. The van der Waals surface area contributed by atoms with Crippen LogP contribution in [0.25, 0.3) is 10.8 Å². The molecule has 5 rings (SSSR count). The van der Waals surface area contributed by atoms with Gasteiger partial charge in [-0.15, -0.1) is 0 Å². The molecule has 2 heterocycles. The number of anilines is 3. The molecule has 28 heavy (non-hydrogen) atoms. The third kappa shape index (κ3) is 2.58. The standard InChI is InChI=1S/C22H16N4O2/c27-20-13-21(28)26(18-8-4-3-7-16(18)17-11-12-23-25-17)19-10-9-14-5-1-2-6-15(14)22(19)24-20/h1-12,17H,13H2,(H,24,27). The van der Waals surface area contributed by atoms with Gasteiger partial charge in [0.1, 0.15) is 12.5 Å². The first-order chi connectivity index (χ1) is 13.7. The summed E-state index contributed by atoms with van der Waals surface area (Å²) < 4.78 is 0. The van der Waals surface area contributed by atoms with Crippen molar-refractivity contribution in [3.63, 3.8) is 0 Å². The number of amides is 2. The Morgan fingerprint density at radius 1 is 0.929 bits per heavy atom. The van der Waals surface area contributed by atoms with Gasteiger partial charge in [-0.05, 0) is 23.6 Å². The molecule has 0 radical (unpaired) electrons. The number of para-hydroxylation sites is 1. The highest BCUT2D eigenvalue weighted by atomic mass is 16.2. The van der Waals surface area contributed by atoms with E-state index in [1.54, 1.807) is 11.1 Å². The molecule has 6 nitrogen and oxygen atoms in total. The van der Waals surface area contributed by atoms with E-state index in [1.807, 2.05) is 66.7 Å². The Balaban J connectivity index is 1.76. The van der Waals surface area contributed by atoms with E-state index in [-0.39, 0.29) is 24.3 Å². The fourth-order valence-electron chi connectivity index (χ4n) is 3.75. The molecule has 1 N–H and O–H groups in total. The van der Waals surface area contributed by atoms with Crippen LogP contribution in [-0.2, 0) is 9.59 Å². The summed E-state index contributed by atoms with van der Waals surface area (Å²) >= 11 is 0. The van der Waals surface area contributed by atoms with Crippen LogP contribution in [0.15, 0.2) is 83.2 Å². The van der Waals surface area contributed by atoms with Gasteiger partial charge in [-0.3, -0.25) is 14.5 Å². The van der Waals surface area contributed by atoms with E-state index in [9.17, 15) is 9.59 Å². The van der Waals surface area contributed by atoms with Crippen molar-refractivity contribution in [2.24, 2.45) is 10.2 Å². The summed E-state index contributed by atoms with van der Waals surface area (Å²) in [5.41, 5.74) is 2.87. The number of nitrogens with zero attached hydrogens (tertiary/aromatic N) is 3. The molecule has 0 bridgehead atoms. The normalized spacial score (nSPS) is 18.3. The van der Waals surface area contributed by atoms with Gasteiger partial charge in [0, 0.05) is 17.1 Å². The zero-order valence-corrected chi connectivity index (χ0v) is 14.9. The average Bonchev–Trinajstić information content (AvgIpc) is 3.20. The maximum Gasteiger partial charge on any atom is 0.241 e. The minimum Gasteiger partial charge on any atom is -0.323 e. The van der Waals surface area contributed by atoms with Gasteiger partial charge in [0.2, 0.25) is 11.8 Å². The molecule has 2 aliphatic rings. The SMILES string of the molecule is O=C1CC(=O)N(c2ccccc2C2C=CN=N2)c2ccc3ccccc3c2N1. The summed E-state index contributed by atoms with van der Waals surface area (Å²) in [6.45, 7) is 0. The van der Waals surface area contributed by atoms with Crippen LogP contribution >= 0.6 is 0 Å². The van der Waals surface area contributed by atoms with E-state index < -0.39 is 0 Å². The largest absolute Gasteiger partial charge is 0.323 e. The molecule has 1 unspecified atom stereocenters. The highest BCUT2D eigenvalue weighted by molar-refractivity contribution is 6.21. The van der Waals surface area contributed by atoms with Gasteiger partial charge in [0.05, 0.1) is 17.1 Å². The Kier molecular flexibility index (Phi) is 3.76. The summed E-state index contributed by atoms with van der Waals surface area (Å²) in [7, 11) is 0. The summed E-state index contributed by atoms with van der Waals surface area (Å²) in [4.78, 5) is 27.1. The second-order valence-electron chi connectivity index (χ2n) is 6.71. The van der Waals surface area contributed by atoms with Crippen LogP contribution in [-0.4, -0.2) is 11.8 Å². The van der Waals surface area contributed by atoms with E-state index in [0.717, 1.165) is 16.3 Å². The van der Waals surface area contributed by atoms with E-state index in [0.29, 0.717) is 17.1 Å². The maximum atomic E-state index is 13.1. The zero-order valence-electron chi connectivity index (χ0n) is 14.9. The number of nitrogens with one attached hydrogen (secondary N) is 1. The Bertz CT molecular complexity index is 1170. The number of hydrogen-bond donors (Lipinski definition) is 1. The number of azo groups is 1. The van der Waals surface area contributed by atoms with Crippen molar-refractivity contribution in [2.75, 3.05) is 10.2 Å². The second kappa shape index (κ2) is 6.42. The second-order valence-corrected chi connectivity index (χ2v) is 6.71. The summed E-state index contributed by atoms with van der Waals surface area (Å²) in [6.07, 6.45) is 3.31. The lowest BCUT2D eigenvalue weighted by Gasteiger charge is -2.26. The van der Waals surface area contributed by atoms with Crippen LogP contribution in [0.1, 0.15) is 18.0 Å². The van der Waals surface area contributed by atoms with Crippen LogP contribution in [0.3, 0.4) is 0 Å². The van der Waals surface area contributed by atoms with Gasteiger partial charge in [-0.2, -0.15) is 10.2 Å².